The average Bonchev–Trinajstić information content (AvgIpc) is 2.01. The highest BCUT2D eigenvalue weighted by molar-refractivity contribution is 6.29. The fourth-order valence-corrected chi connectivity index (χ4v) is 0.729. The minimum Gasteiger partial charge on any atom is -0.259 e. The minimum atomic E-state index is 0.382. The Morgan fingerprint density at radius 1 is 1.55 bits per heavy atom. The van der Waals surface area contributed by atoms with Gasteiger partial charge in [-0.05, 0) is 5.92 Å². The number of hydrogen-bond acceptors (Lipinski definition) is 2. The summed E-state index contributed by atoms with van der Waals surface area (Å²) in [4.78, 5) is 7.78. The zero-order valence-corrected chi connectivity index (χ0v) is 6.89. The van der Waals surface area contributed by atoms with E-state index in [4.69, 9.17) is 11.6 Å². The van der Waals surface area contributed by atoms with E-state index in [1.807, 2.05) is 6.92 Å². The molecule has 0 saturated carbocycles. The van der Waals surface area contributed by atoms with E-state index in [2.05, 4.69) is 21.8 Å². The first-order valence-electron chi connectivity index (χ1n) is 3.29. The van der Waals surface area contributed by atoms with Crippen LogP contribution in [-0.4, -0.2) is 9.97 Å². The maximum absolute atomic E-state index is 5.58. The van der Waals surface area contributed by atoms with Crippen LogP contribution in [0, 0.1) is 11.8 Å². The van der Waals surface area contributed by atoms with Crippen molar-refractivity contribution in [2.24, 2.45) is 0 Å². The molecule has 3 heteroatoms. The molecule has 56 valence electrons. The zero-order valence-electron chi connectivity index (χ0n) is 6.13. The number of aromatic nitrogens is 2. The molecule has 0 bridgehead atoms. The van der Waals surface area contributed by atoms with E-state index in [1.165, 1.54) is 6.20 Å². The Balaban J connectivity index is 2.87. The fourth-order valence-electron chi connectivity index (χ4n) is 0.581. The second-order valence-corrected chi connectivity index (χ2v) is 2.27. The van der Waals surface area contributed by atoms with Crippen LogP contribution >= 0.6 is 11.6 Å². The van der Waals surface area contributed by atoms with Gasteiger partial charge in [0.15, 0.2) is 0 Å². The van der Waals surface area contributed by atoms with Gasteiger partial charge in [-0.3, -0.25) is 4.98 Å². The highest BCUT2D eigenvalue weighted by Gasteiger charge is 1.89. The SMILES string of the molecule is CCC#Cc1cncc(Cl)n1. The van der Waals surface area contributed by atoms with Gasteiger partial charge in [0.05, 0.1) is 12.4 Å². The topological polar surface area (TPSA) is 25.8 Å². The molecule has 1 rings (SSSR count). The molecule has 2 nitrogen and oxygen atoms in total. The van der Waals surface area contributed by atoms with Gasteiger partial charge in [0.2, 0.25) is 0 Å². The summed E-state index contributed by atoms with van der Waals surface area (Å²) in [5, 5.41) is 0.382. The van der Waals surface area contributed by atoms with E-state index in [-0.39, 0.29) is 0 Å². The van der Waals surface area contributed by atoms with E-state index >= 15 is 0 Å². The summed E-state index contributed by atoms with van der Waals surface area (Å²) in [6.07, 6.45) is 3.89. The van der Waals surface area contributed by atoms with E-state index in [1.54, 1.807) is 6.20 Å². The molecule has 0 unspecified atom stereocenters. The molecule has 0 aliphatic rings. The molecule has 0 amide bonds. The van der Waals surface area contributed by atoms with Crippen molar-refractivity contribution >= 4 is 11.6 Å². The van der Waals surface area contributed by atoms with Crippen molar-refractivity contribution in [3.8, 4) is 11.8 Å². The molecule has 0 radical (unpaired) electrons. The average molecular weight is 167 g/mol. The Bertz CT molecular complexity index is 298. The highest BCUT2D eigenvalue weighted by Crippen LogP contribution is 2.00. The molecule has 1 aromatic rings. The van der Waals surface area contributed by atoms with Crippen molar-refractivity contribution in [2.45, 2.75) is 13.3 Å². The first kappa shape index (κ1) is 8.03. The Morgan fingerprint density at radius 3 is 3.00 bits per heavy atom. The van der Waals surface area contributed by atoms with Crippen LogP contribution in [0.1, 0.15) is 19.0 Å². The van der Waals surface area contributed by atoms with Gasteiger partial charge in [-0.1, -0.05) is 24.4 Å². The molecule has 1 heterocycles. The minimum absolute atomic E-state index is 0.382. The van der Waals surface area contributed by atoms with Gasteiger partial charge in [0.25, 0.3) is 0 Å². The predicted molar refractivity (Wildman–Crippen MR) is 44.2 cm³/mol. The van der Waals surface area contributed by atoms with Crippen LogP contribution in [0.5, 0.6) is 0 Å². The van der Waals surface area contributed by atoms with Crippen LogP contribution in [0.4, 0.5) is 0 Å². The van der Waals surface area contributed by atoms with E-state index in [9.17, 15) is 0 Å². The fraction of sp³-hybridized carbons (Fsp3) is 0.250. The van der Waals surface area contributed by atoms with Crippen LogP contribution in [-0.2, 0) is 0 Å². The largest absolute Gasteiger partial charge is 0.259 e. The molecule has 11 heavy (non-hydrogen) atoms. The van der Waals surface area contributed by atoms with Gasteiger partial charge in [-0.15, -0.1) is 0 Å². The monoisotopic (exact) mass is 166 g/mol. The molecule has 0 saturated heterocycles. The Morgan fingerprint density at radius 2 is 2.36 bits per heavy atom. The number of halogens is 1. The standard InChI is InChI=1S/C8H7ClN2/c1-2-3-4-7-5-10-6-8(9)11-7/h5-6H,2H2,1H3. The first-order chi connectivity index (χ1) is 5.33. The van der Waals surface area contributed by atoms with Crippen LogP contribution < -0.4 is 0 Å². The summed E-state index contributed by atoms with van der Waals surface area (Å²) in [7, 11) is 0. The van der Waals surface area contributed by atoms with Gasteiger partial charge < -0.3 is 0 Å². The first-order valence-corrected chi connectivity index (χ1v) is 3.67. The van der Waals surface area contributed by atoms with Crippen LogP contribution in [0.2, 0.25) is 5.15 Å². The Kier molecular flexibility index (Phi) is 2.88. The second-order valence-electron chi connectivity index (χ2n) is 1.88. The normalized spacial score (nSPS) is 8.55. The van der Waals surface area contributed by atoms with Crippen LogP contribution in [0.15, 0.2) is 12.4 Å². The van der Waals surface area contributed by atoms with E-state index < -0.39 is 0 Å². The van der Waals surface area contributed by atoms with Gasteiger partial charge in [0, 0.05) is 6.42 Å². The highest BCUT2D eigenvalue weighted by atomic mass is 35.5. The molecule has 0 spiro atoms. The molecule has 0 N–H and O–H groups in total. The smallest absolute Gasteiger partial charge is 0.148 e. The molecular formula is C8H7ClN2. The molecule has 0 atom stereocenters. The third-order valence-electron chi connectivity index (χ3n) is 0.998. The maximum Gasteiger partial charge on any atom is 0.148 e. The summed E-state index contributed by atoms with van der Waals surface area (Å²) in [6, 6.07) is 0. The summed E-state index contributed by atoms with van der Waals surface area (Å²) in [5.41, 5.74) is 0.624. The van der Waals surface area contributed by atoms with E-state index in [0.717, 1.165) is 6.42 Å². The molecular weight excluding hydrogens is 160 g/mol. The van der Waals surface area contributed by atoms with Crippen molar-refractivity contribution in [2.75, 3.05) is 0 Å². The lowest BCUT2D eigenvalue weighted by atomic mass is 10.4. The second kappa shape index (κ2) is 3.95. The summed E-state index contributed by atoms with van der Waals surface area (Å²) < 4.78 is 0. The van der Waals surface area contributed by atoms with Crippen molar-refractivity contribution in [3.05, 3.63) is 23.2 Å². The lowest BCUT2D eigenvalue weighted by Gasteiger charge is -1.87. The number of nitrogens with zero attached hydrogens (tertiary/aromatic N) is 2. The van der Waals surface area contributed by atoms with Gasteiger partial charge in [-0.2, -0.15) is 0 Å². The van der Waals surface area contributed by atoms with Gasteiger partial charge in [-0.25, -0.2) is 4.98 Å². The van der Waals surface area contributed by atoms with Crippen LogP contribution in [0.3, 0.4) is 0 Å². The molecule has 0 aromatic carbocycles. The van der Waals surface area contributed by atoms with Gasteiger partial charge in [0.1, 0.15) is 10.8 Å². The number of rotatable bonds is 0. The molecule has 0 aliphatic carbocycles. The Labute approximate surface area is 70.6 Å². The summed E-state index contributed by atoms with van der Waals surface area (Å²) >= 11 is 5.58. The zero-order chi connectivity index (χ0) is 8.10. The molecule has 0 fully saturated rings. The summed E-state index contributed by atoms with van der Waals surface area (Å²) in [5.74, 6) is 5.71. The van der Waals surface area contributed by atoms with Gasteiger partial charge >= 0.3 is 0 Å². The number of hydrogen-bond donors (Lipinski definition) is 0. The third-order valence-corrected chi connectivity index (χ3v) is 1.18. The van der Waals surface area contributed by atoms with Crippen LogP contribution in [0.25, 0.3) is 0 Å². The Hall–Kier alpha value is -1.07. The predicted octanol–water partition coefficient (Wildman–Crippen LogP) is 1.89. The van der Waals surface area contributed by atoms with Crippen molar-refractivity contribution in [1.82, 2.24) is 9.97 Å². The maximum atomic E-state index is 5.58. The summed E-state index contributed by atoms with van der Waals surface area (Å²) in [6.45, 7) is 1.98. The lowest BCUT2D eigenvalue weighted by Crippen LogP contribution is -1.84. The van der Waals surface area contributed by atoms with Crippen molar-refractivity contribution < 1.29 is 0 Å². The molecule has 0 aliphatic heterocycles. The van der Waals surface area contributed by atoms with Crippen molar-refractivity contribution in [1.29, 1.82) is 0 Å². The third kappa shape index (κ3) is 2.57. The van der Waals surface area contributed by atoms with Crippen molar-refractivity contribution in [3.63, 3.8) is 0 Å². The lowest BCUT2D eigenvalue weighted by molar-refractivity contribution is 1.17. The molecule has 1 aromatic heterocycles. The quantitative estimate of drug-likeness (QED) is 0.550. The van der Waals surface area contributed by atoms with E-state index in [0.29, 0.717) is 10.8 Å².